The maximum atomic E-state index is 10.0. The minimum Gasteiger partial charge on any atom is -0.345 e. The van der Waals surface area contributed by atoms with Gasteiger partial charge in [0.05, 0.1) is 12.8 Å². The molecule has 3 nitrogen and oxygen atoms in total. The summed E-state index contributed by atoms with van der Waals surface area (Å²) in [6, 6.07) is 0. The predicted octanol–water partition coefficient (Wildman–Crippen LogP) is 3.10. The molecule has 0 saturated carbocycles. The molecule has 0 radical (unpaired) electrons. The van der Waals surface area contributed by atoms with Crippen molar-refractivity contribution in [1.29, 1.82) is 0 Å². The van der Waals surface area contributed by atoms with Crippen LogP contribution < -0.4 is 0 Å². The Morgan fingerprint density at radius 3 is 2.78 bits per heavy atom. The van der Waals surface area contributed by atoms with E-state index in [1.807, 2.05) is 19.2 Å². The first-order valence-corrected chi connectivity index (χ1v) is 7.34. The van der Waals surface area contributed by atoms with Crippen molar-refractivity contribution in [2.45, 2.75) is 64.8 Å². The average Bonchev–Trinajstić information content (AvgIpc) is 2.77. The first-order chi connectivity index (χ1) is 8.67. The normalized spacial score (nSPS) is 28.5. The number of rotatable bonds is 9. The van der Waals surface area contributed by atoms with E-state index in [4.69, 9.17) is 0 Å². The van der Waals surface area contributed by atoms with E-state index in [0.717, 1.165) is 30.4 Å². The number of nitrogens with zero attached hydrogens (tertiary/aromatic N) is 2. The Kier molecular flexibility index (Phi) is 6.58. The molecule has 0 aromatic heterocycles. The van der Waals surface area contributed by atoms with Crippen LogP contribution in [0.2, 0.25) is 0 Å². The van der Waals surface area contributed by atoms with E-state index in [0.29, 0.717) is 0 Å². The number of quaternary nitrogens is 1. The SMILES string of the molecule is C=CCCCCCCC1N=CC[N+]1(CC)C(C)O. The van der Waals surface area contributed by atoms with Gasteiger partial charge in [-0.1, -0.05) is 18.9 Å². The van der Waals surface area contributed by atoms with Crippen molar-refractivity contribution >= 4 is 6.21 Å². The summed E-state index contributed by atoms with van der Waals surface area (Å²) in [6.45, 7) is 9.63. The van der Waals surface area contributed by atoms with Crippen LogP contribution in [-0.2, 0) is 0 Å². The molecular formula is C15H29N2O+. The van der Waals surface area contributed by atoms with E-state index in [1.54, 1.807) is 0 Å². The van der Waals surface area contributed by atoms with Gasteiger partial charge in [0.2, 0.25) is 0 Å². The van der Waals surface area contributed by atoms with Crippen molar-refractivity contribution < 1.29 is 9.59 Å². The maximum Gasteiger partial charge on any atom is 0.189 e. The molecule has 1 N–H and O–H groups in total. The Balaban J connectivity index is 2.31. The molecule has 18 heavy (non-hydrogen) atoms. The quantitative estimate of drug-likeness (QED) is 0.382. The fourth-order valence-electron chi connectivity index (χ4n) is 2.88. The van der Waals surface area contributed by atoms with Crippen LogP contribution in [0.4, 0.5) is 0 Å². The number of hydrogen-bond donors (Lipinski definition) is 1. The number of allylic oxidation sites excluding steroid dienone is 1. The summed E-state index contributed by atoms with van der Waals surface area (Å²) < 4.78 is 0.729. The van der Waals surface area contributed by atoms with Crippen molar-refractivity contribution in [2.24, 2.45) is 4.99 Å². The fraction of sp³-hybridized carbons (Fsp3) is 0.800. The van der Waals surface area contributed by atoms with Crippen molar-refractivity contribution in [2.75, 3.05) is 13.1 Å². The van der Waals surface area contributed by atoms with Crippen molar-refractivity contribution in [1.82, 2.24) is 0 Å². The average molecular weight is 253 g/mol. The van der Waals surface area contributed by atoms with Crippen molar-refractivity contribution in [3.05, 3.63) is 12.7 Å². The molecule has 1 heterocycles. The summed E-state index contributed by atoms with van der Waals surface area (Å²) in [5.41, 5.74) is 0. The number of aliphatic hydroxyl groups is 1. The van der Waals surface area contributed by atoms with E-state index in [1.165, 1.54) is 25.7 Å². The molecule has 104 valence electrons. The van der Waals surface area contributed by atoms with Gasteiger partial charge < -0.3 is 5.11 Å². The van der Waals surface area contributed by atoms with Gasteiger partial charge in [0.15, 0.2) is 12.4 Å². The van der Waals surface area contributed by atoms with Crippen LogP contribution in [0.5, 0.6) is 0 Å². The Hall–Kier alpha value is -0.670. The molecule has 0 saturated heterocycles. The van der Waals surface area contributed by atoms with E-state index in [-0.39, 0.29) is 12.4 Å². The summed E-state index contributed by atoms with van der Waals surface area (Å²) in [7, 11) is 0. The van der Waals surface area contributed by atoms with Gasteiger partial charge in [0.25, 0.3) is 0 Å². The predicted molar refractivity (Wildman–Crippen MR) is 77.5 cm³/mol. The van der Waals surface area contributed by atoms with Gasteiger partial charge in [0.1, 0.15) is 6.54 Å². The number of unbranched alkanes of at least 4 members (excludes halogenated alkanes) is 4. The lowest BCUT2D eigenvalue weighted by molar-refractivity contribution is -0.976. The van der Waals surface area contributed by atoms with Crippen LogP contribution in [0.3, 0.4) is 0 Å². The summed E-state index contributed by atoms with van der Waals surface area (Å²) in [6.07, 6.45) is 11.2. The fourth-order valence-corrected chi connectivity index (χ4v) is 2.88. The van der Waals surface area contributed by atoms with Crippen LogP contribution in [0.15, 0.2) is 17.6 Å². The molecule has 3 heteroatoms. The highest BCUT2D eigenvalue weighted by Gasteiger charge is 2.41. The molecule has 0 aromatic rings. The van der Waals surface area contributed by atoms with Crippen LogP contribution in [0.1, 0.15) is 52.4 Å². The van der Waals surface area contributed by atoms with Gasteiger partial charge in [0, 0.05) is 13.3 Å². The van der Waals surface area contributed by atoms with Crippen LogP contribution >= 0.6 is 0 Å². The van der Waals surface area contributed by atoms with E-state index >= 15 is 0 Å². The van der Waals surface area contributed by atoms with Crippen molar-refractivity contribution in [3.8, 4) is 0 Å². The monoisotopic (exact) mass is 253 g/mol. The van der Waals surface area contributed by atoms with E-state index < -0.39 is 0 Å². The topological polar surface area (TPSA) is 32.6 Å². The smallest absolute Gasteiger partial charge is 0.189 e. The zero-order valence-electron chi connectivity index (χ0n) is 12.0. The first kappa shape index (κ1) is 15.4. The molecule has 0 spiro atoms. The zero-order chi connectivity index (χ0) is 13.4. The van der Waals surface area contributed by atoms with E-state index in [9.17, 15) is 5.11 Å². The third-order valence-electron chi connectivity index (χ3n) is 4.25. The zero-order valence-corrected chi connectivity index (χ0v) is 12.0. The van der Waals surface area contributed by atoms with Crippen LogP contribution in [-0.4, -0.2) is 41.3 Å². The first-order valence-electron chi connectivity index (χ1n) is 7.34. The molecule has 0 aromatic carbocycles. The van der Waals surface area contributed by atoms with E-state index in [2.05, 4.69) is 18.5 Å². The summed E-state index contributed by atoms with van der Waals surface area (Å²) in [5.74, 6) is 0. The van der Waals surface area contributed by atoms with Crippen LogP contribution in [0.25, 0.3) is 0 Å². The molecule has 0 bridgehead atoms. The van der Waals surface area contributed by atoms with Crippen LogP contribution in [0, 0.1) is 0 Å². The second-order valence-electron chi connectivity index (χ2n) is 5.33. The molecule has 0 aliphatic carbocycles. The minimum absolute atomic E-state index is 0.273. The van der Waals surface area contributed by atoms with Gasteiger partial charge in [-0.3, -0.25) is 4.48 Å². The van der Waals surface area contributed by atoms with Gasteiger partial charge >= 0.3 is 0 Å². The third-order valence-corrected chi connectivity index (χ3v) is 4.25. The van der Waals surface area contributed by atoms with Gasteiger partial charge in [-0.2, -0.15) is 0 Å². The number of aliphatic imine (C=N–C) groups is 1. The molecule has 3 unspecified atom stereocenters. The lowest BCUT2D eigenvalue weighted by atomic mass is 10.1. The van der Waals surface area contributed by atoms with Gasteiger partial charge in [-0.05, 0) is 26.2 Å². The lowest BCUT2D eigenvalue weighted by Crippen LogP contribution is -2.57. The molecule has 1 rings (SSSR count). The highest BCUT2D eigenvalue weighted by atomic mass is 16.3. The largest absolute Gasteiger partial charge is 0.345 e. The second-order valence-corrected chi connectivity index (χ2v) is 5.33. The highest BCUT2D eigenvalue weighted by Crippen LogP contribution is 2.26. The number of hydrogen-bond acceptors (Lipinski definition) is 2. The summed E-state index contributed by atoms with van der Waals surface area (Å²) in [5, 5.41) is 10.0. The lowest BCUT2D eigenvalue weighted by Gasteiger charge is -2.40. The molecule has 3 atom stereocenters. The molecule has 1 aliphatic heterocycles. The Morgan fingerprint density at radius 2 is 2.17 bits per heavy atom. The number of aliphatic hydroxyl groups excluding tert-OH is 1. The molecule has 0 amide bonds. The highest BCUT2D eigenvalue weighted by molar-refractivity contribution is 5.60. The molecule has 0 fully saturated rings. The molecule has 1 aliphatic rings. The van der Waals surface area contributed by atoms with Gasteiger partial charge in [-0.25, -0.2) is 4.99 Å². The Morgan fingerprint density at radius 1 is 1.44 bits per heavy atom. The standard InChI is InChI=1S/C15H29N2O/c1-4-6-7-8-9-10-11-15-16-12-13-17(15,5-2)14(3)18/h4,12,14-15,18H,1,5-11,13H2,2-3H3/q+1. The second kappa shape index (κ2) is 7.70. The molecular weight excluding hydrogens is 224 g/mol. The summed E-state index contributed by atoms with van der Waals surface area (Å²) >= 11 is 0. The van der Waals surface area contributed by atoms with Crippen molar-refractivity contribution in [3.63, 3.8) is 0 Å². The maximum absolute atomic E-state index is 10.0. The third kappa shape index (κ3) is 3.66. The Labute approximate surface area is 112 Å². The van der Waals surface area contributed by atoms with Gasteiger partial charge in [-0.15, -0.1) is 6.58 Å². The minimum atomic E-state index is -0.316. The Bertz CT molecular complexity index is 276. The summed E-state index contributed by atoms with van der Waals surface area (Å²) in [4.78, 5) is 4.59.